The van der Waals surface area contributed by atoms with E-state index in [0.29, 0.717) is 6.04 Å². The van der Waals surface area contributed by atoms with Crippen molar-refractivity contribution in [3.63, 3.8) is 0 Å². The highest BCUT2D eigenvalue weighted by Crippen LogP contribution is 2.14. The molecule has 0 aliphatic heterocycles. The first kappa shape index (κ1) is 14.3. The van der Waals surface area contributed by atoms with Crippen molar-refractivity contribution in [2.45, 2.75) is 26.1 Å². The molecule has 2 aromatic rings. The van der Waals surface area contributed by atoms with Crippen LogP contribution in [0.4, 0.5) is 0 Å². The van der Waals surface area contributed by atoms with Crippen molar-refractivity contribution in [2.24, 2.45) is 0 Å². The Kier molecular flexibility index (Phi) is 5.62. The summed E-state index contributed by atoms with van der Waals surface area (Å²) in [4.78, 5) is 2.50. The lowest BCUT2D eigenvalue weighted by molar-refractivity contribution is 0.208. The van der Waals surface area contributed by atoms with E-state index in [1.165, 1.54) is 11.1 Å². The summed E-state index contributed by atoms with van der Waals surface area (Å²) in [6, 6.07) is 21.8. The SMILES string of the molecule is C[C@@H](CBr)N(Cc1ccccc1)Cc1ccccc1. The molecule has 0 aliphatic carbocycles. The van der Waals surface area contributed by atoms with Gasteiger partial charge in [-0.2, -0.15) is 0 Å². The molecule has 0 aliphatic rings. The van der Waals surface area contributed by atoms with Crippen molar-refractivity contribution in [2.75, 3.05) is 5.33 Å². The smallest absolute Gasteiger partial charge is 0.0240 e. The van der Waals surface area contributed by atoms with E-state index in [0.717, 1.165) is 18.4 Å². The predicted octanol–water partition coefficient (Wildman–Crippen LogP) is 4.47. The van der Waals surface area contributed by atoms with Crippen LogP contribution in [0.25, 0.3) is 0 Å². The van der Waals surface area contributed by atoms with E-state index in [-0.39, 0.29) is 0 Å². The van der Waals surface area contributed by atoms with Crippen LogP contribution in [-0.2, 0) is 13.1 Å². The molecule has 2 rings (SSSR count). The van der Waals surface area contributed by atoms with Gasteiger partial charge < -0.3 is 0 Å². The molecular formula is C17H20BrN. The van der Waals surface area contributed by atoms with Gasteiger partial charge in [-0.1, -0.05) is 76.6 Å². The molecule has 0 bridgehead atoms. The van der Waals surface area contributed by atoms with Crippen LogP contribution in [0.15, 0.2) is 60.7 Å². The highest BCUT2D eigenvalue weighted by atomic mass is 79.9. The average molecular weight is 318 g/mol. The Morgan fingerprint density at radius 1 is 0.842 bits per heavy atom. The van der Waals surface area contributed by atoms with Crippen molar-refractivity contribution >= 4 is 15.9 Å². The molecule has 19 heavy (non-hydrogen) atoms. The van der Waals surface area contributed by atoms with Gasteiger partial charge in [-0.3, -0.25) is 4.90 Å². The molecule has 0 amide bonds. The fourth-order valence-corrected chi connectivity index (χ4v) is 2.51. The molecule has 0 aromatic heterocycles. The number of alkyl halides is 1. The van der Waals surface area contributed by atoms with Crippen molar-refractivity contribution in [3.05, 3.63) is 71.8 Å². The van der Waals surface area contributed by atoms with Gasteiger partial charge in [0.15, 0.2) is 0 Å². The van der Waals surface area contributed by atoms with Crippen LogP contribution in [0.1, 0.15) is 18.1 Å². The number of halogens is 1. The molecule has 0 N–H and O–H groups in total. The summed E-state index contributed by atoms with van der Waals surface area (Å²) in [5.41, 5.74) is 2.73. The van der Waals surface area contributed by atoms with Crippen LogP contribution in [0.5, 0.6) is 0 Å². The fraction of sp³-hybridized carbons (Fsp3) is 0.294. The number of benzene rings is 2. The van der Waals surface area contributed by atoms with Gasteiger partial charge >= 0.3 is 0 Å². The third-order valence-corrected chi connectivity index (χ3v) is 4.24. The Morgan fingerprint density at radius 3 is 1.63 bits per heavy atom. The van der Waals surface area contributed by atoms with Crippen molar-refractivity contribution in [3.8, 4) is 0 Å². The molecule has 1 atom stereocenters. The third kappa shape index (κ3) is 4.48. The lowest BCUT2D eigenvalue weighted by Crippen LogP contribution is -2.33. The zero-order valence-electron chi connectivity index (χ0n) is 11.3. The van der Waals surface area contributed by atoms with Crippen LogP contribution < -0.4 is 0 Å². The van der Waals surface area contributed by atoms with Crippen LogP contribution in [0.3, 0.4) is 0 Å². The van der Waals surface area contributed by atoms with E-state index < -0.39 is 0 Å². The molecule has 2 aromatic carbocycles. The quantitative estimate of drug-likeness (QED) is 0.710. The number of nitrogens with zero attached hydrogens (tertiary/aromatic N) is 1. The van der Waals surface area contributed by atoms with E-state index in [2.05, 4.69) is 88.4 Å². The molecule has 100 valence electrons. The minimum Gasteiger partial charge on any atom is -0.291 e. The van der Waals surface area contributed by atoms with Crippen LogP contribution >= 0.6 is 15.9 Å². The molecule has 0 saturated carbocycles. The topological polar surface area (TPSA) is 3.24 Å². The van der Waals surface area contributed by atoms with Crippen LogP contribution in [0.2, 0.25) is 0 Å². The predicted molar refractivity (Wildman–Crippen MR) is 85.4 cm³/mol. The molecule has 0 heterocycles. The zero-order chi connectivity index (χ0) is 13.5. The normalized spacial score (nSPS) is 12.6. The Bertz CT molecular complexity index is 428. The second-order valence-corrected chi connectivity index (χ2v) is 5.53. The summed E-state index contributed by atoms with van der Waals surface area (Å²) in [5.74, 6) is 0. The molecule has 0 spiro atoms. The molecule has 1 nitrogen and oxygen atoms in total. The zero-order valence-corrected chi connectivity index (χ0v) is 12.9. The second-order valence-electron chi connectivity index (χ2n) is 4.88. The molecular weight excluding hydrogens is 298 g/mol. The van der Waals surface area contributed by atoms with E-state index in [1.807, 2.05) is 0 Å². The maximum absolute atomic E-state index is 3.60. The van der Waals surface area contributed by atoms with Crippen molar-refractivity contribution in [1.82, 2.24) is 4.90 Å². The summed E-state index contributed by atoms with van der Waals surface area (Å²) < 4.78 is 0. The monoisotopic (exact) mass is 317 g/mol. The average Bonchev–Trinajstić information content (AvgIpc) is 2.48. The number of hydrogen-bond acceptors (Lipinski definition) is 1. The Balaban J connectivity index is 2.08. The molecule has 0 saturated heterocycles. The van der Waals surface area contributed by atoms with Crippen molar-refractivity contribution < 1.29 is 0 Å². The fourth-order valence-electron chi connectivity index (χ4n) is 2.10. The largest absolute Gasteiger partial charge is 0.291 e. The first-order valence-corrected chi connectivity index (χ1v) is 7.79. The minimum absolute atomic E-state index is 0.514. The highest BCUT2D eigenvalue weighted by Gasteiger charge is 2.13. The molecule has 0 radical (unpaired) electrons. The lowest BCUT2D eigenvalue weighted by Gasteiger charge is -2.28. The van der Waals surface area contributed by atoms with Crippen LogP contribution in [0, 0.1) is 0 Å². The van der Waals surface area contributed by atoms with Gasteiger partial charge in [-0.25, -0.2) is 0 Å². The first-order chi connectivity index (χ1) is 9.29. The van der Waals surface area contributed by atoms with E-state index in [9.17, 15) is 0 Å². The van der Waals surface area contributed by atoms with E-state index in [1.54, 1.807) is 0 Å². The first-order valence-electron chi connectivity index (χ1n) is 6.67. The van der Waals surface area contributed by atoms with Gasteiger partial charge in [0.25, 0.3) is 0 Å². The Morgan fingerprint density at radius 2 is 1.26 bits per heavy atom. The van der Waals surface area contributed by atoms with Gasteiger partial charge in [-0.05, 0) is 18.1 Å². The van der Waals surface area contributed by atoms with Crippen molar-refractivity contribution in [1.29, 1.82) is 0 Å². The van der Waals surface area contributed by atoms with Gasteiger partial charge in [0, 0.05) is 24.5 Å². The second kappa shape index (κ2) is 7.46. The van der Waals surface area contributed by atoms with Gasteiger partial charge in [0.05, 0.1) is 0 Å². The van der Waals surface area contributed by atoms with Crippen LogP contribution in [-0.4, -0.2) is 16.3 Å². The number of rotatable bonds is 6. The molecule has 0 unspecified atom stereocenters. The van der Waals surface area contributed by atoms with Gasteiger partial charge in [0.2, 0.25) is 0 Å². The molecule has 0 fully saturated rings. The minimum atomic E-state index is 0.514. The summed E-state index contributed by atoms with van der Waals surface area (Å²) in [6.07, 6.45) is 0. The number of hydrogen-bond donors (Lipinski definition) is 0. The summed E-state index contributed by atoms with van der Waals surface area (Å²) in [7, 11) is 0. The van der Waals surface area contributed by atoms with Gasteiger partial charge in [0.1, 0.15) is 0 Å². The standard InChI is InChI=1S/C17H20BrN/c1-15(12-18)19(13-16-8-4-2-5-9-16)14-17-10-6-3-7-11-17/h2-11,15H,12-14H2,1H3/t15-/m0/s1. The third-order valence-electron chi connectivity index (χ3n) is 3.30. The van der Waals surface area contributed by atoms with E-state index in [4.69, 9.17) is 0 Å². The molecule has 2 heteroatoms. The highest BCUT2D eigenvalue weighted by molar-refractivity contribution is 9.09. The lowest BCUT2D eigenvalue weighted by atomic mass is 10.1. The van der Waals surface area contributed by atoms with E-state index >= 15 is 0 Å². The Hall–Kier alpha value is -1.12. The Labute approximate surface area is 124 Å². The summed E-state index contributed by atoms with van der Waals surface area (Å²) >= 11 is 3.60. The van der Waals surface area contributed by atoms with Gasteiger partial charge in [-0.15, -0.1) is 0 Å². The summed E-state index contributed by atoms with van der Waals surface area (Å²) in [6.45, 7) is 4.24. The maximum Gasteiger partial charge on any atom is 0.0240 e. The summed E-state index contributed by atoms with van der Waals surface area (Å²) in [5, 5.41) is 0.993. The maximum atomic E-state index is 3.60.